The SMILES string of the molecule is COc1cccnc1N(C)C(C)CBr. The lowest BCUT2D eigenvalue weighted by atomic mass is 10.3. The van der Waals surface area contributed by atoms with E-state index in [0.717, 1.165) is 16.9 Å². The van der Waals surface area contributed by atoms with Crippen LogP contribution >= 0.6 is 15.9 Å². The molecule has 1 aromatic heterocycles. The fraction of sp³-hybridized carbons (Fsp3) is 0.500. The molecule has 0 spiro atoms. The standard InChI is InChI=1S/C10H15BrN2O/c1-8(7-11)13(2)10-9(14-3)5-4-6-12-10/h4-6,8H,7H2,1-3H3. The average molecular weight is 259 g/mol. The normalized spacial score (nSPS) is 12.3. The first-order chi connectivity index (χ1) is 6.70. The minimum atomic E-state index is 0.388. The zero-order valence-corrected chi connectivity index (χ0v) is 10.3. The molecule has 0 bridgehead atoms. The molecule has 0 fully saturated rings. The number of aromatic nitrogens is 1. The molecule has 1 aromatic rings. The van der Waals surface area contributed by atoms with Crippen molar-refractivity contribution in [1.82, 2.24) is 4.98 Å². The molecular formula is C10H15BrN2O. The van der Waals surface area contributed by atoms with Crippen molar-refractivity contribution in [3.63, 3.8) is 0 Å². The van der Waals surface area contributed by atoms with Crippen LogP contribution in [0.2, 0.25) is 0 Å². The molecular weight excluding hydrogens is 244 g/mol. The third-order valence-electron chi connectivity index (χ3n) is 2.19. The summed E-state index contributed by atoms with van der Waals surface area (Å²) >= 11 is 3.45. The molecule has 0 radical (unpaired) electrons. The summed E-state index contributed by atoms with van der Waals surface area (Å²) in [5.41, 5.74) is 0. The quantitative estimate of drug-likeness (QED) is 0.776. The van der Waals surface area contributed by atoms with Crippen molar-refractivity contribution < 1.29 is 4.74 Å². The maximum Gasteiger partial charge on any atom is 0.171 e. The summed E-state index contributed by atoms with van der Waals surface area (Å²) in [6, 6.07) is 4.17. The Balaban J connectivity index is 2.93. The fourth-order valence-electron chi connectivity index (χ4n) is 1.12. The van der Waals surface area contributed by atoms with E-state index in [-0.39, 0.29) is 0 Å². The van der Waals surface area contributed by atoms with Crippen LogP contribution in [0.15, 0.2) is 18.3 Å². The third-order valence-corrected chi connectivity index (χ3v) is 3.13. The highest BCUT2D eigenvalue weighted by atomic mass is 79.9. The van der Waals surface area contributed by atoms with Gasteiger partial charge in [0.2, 0.25) is 0 Å². The molecule has 0 saturated carbocycles. The number of ether oxygens (including phenoxy) is 1. The minimum Gasteiger partial charge on any atom is -0.493 e. The molecule has 78 valence electrons. The Morgan fingerprint density at radius 1 is 1.64 bits per heavy atom. The van der Waals surface area contributed by atoms with Crippen LogP contribution in [0, 0.1) is 0 Å². The van der Waals surface area contributed by atoms with Gasteiger partial charge in [-0.3, -0.25) is 0 Å². The monoisotopic (exact) mass is 258 g/mol. The summed E-state index contributed by atoms with van der Waals surface area (Å²) in [7, 11) is 3.67. The van der Waals surface area contributed by atoms with Crippen LogP contribution in [0.4, 0.5) is 5.82 Å². The number of anilines is 1. The number of alkyl halides is 1. The number of hydrogen-bond acceptors (Lipinski definition) is 3. The van der Waals surface area contributed by atoms with Crippen LogP contribution in [0.3, 0.4) is 0 Å². The number of pyridine rings is 1. The molecule has 1 unspecified atom stereocenters. The van der Waals surface area contributed by atoms with Crippen molar-refractivity contribution in [2.45, 2.75) is 13.0 Å². The zero-order chi connectivity index (χ0) is 10.6. The van der Waals surface area contributed by atoms with Crippen molar-refractivity contribution in [1.29, 1.82) is 0 Å². The Bertz CT molecular complexity index is 293. The Hall–Kier alpha value is -0.770. The van der Waals surface area contributed by atoms with Gasteiger partial charge in [0, 0.05) is 24.6 Å². The van der Waals surface area contributed by atoms with Gasteiger partial charge in [0.15, 0.2) is 11.6 Å². The van der Waals surface area contributed by atoms with Crippen LogP contribution in [-0.2, 0) is 0 Å². The van der Waals surface area contributed by atoms with Gasteiger partial charge >= 0.3 is 0 Å². The molecule has 1 atom stereocenters. The Morgan fingerprint density at radius 3 is 2.93 bits per heavy atom. The number of hydrogen-bond donors (Lipinski definition) is 0. The molecule has 14 heavy (non-hydrogen) atoms. The van der Waals surface area contributed by atoms with E-state index >= 15 is 0 Å². The highest BCUT2D eigenvalue weighted by Crippen LogP contribution is 2.25. The smallest absolute Gasteiger partial charge is 0.171 e. The van der Waals surface area contributed by atoms with Gasteiger partial charge in [0.1, 0.15) is 0 Å². The second-order valence-electron chi connectivity index (χ2n) is 3.14. The van der Waals surface area contributed by atoms with Gasteiger partial charge in [-0.2, -0.15) is 0 Å². The predicted octanol–water partition coefficient (Wildman–Crippen LogP) is 2.31. The Morgan fingerprint density at radius 2 is 2.36 bits per heavy atom. The van der Waals surface area contributed by atoms with Crippen molar-refractivity contribution >= 4 is 21.7 Å². The maximum atomic E-state index is 5.24. The summed E-state index contributed by atoms with van der Waals surface area (Å²) in [4.78, 5) is 6.39. The molecule has 0 aliphatic heterocycles. The van der Waals surface area contributed by atoms with Crippen LogP contribution < -0.4 is 9.64 Å². The molecule has 0 aliphatic carbocycles. The largest absolute Gasteiger partial charge is 0.493 e. The lowest BCUT2D eigenvalue weighted by Crippen LogP contribution is -2.31. The van der Waals surface area contributed by atoms with E-state index in [9.17, 15) is 0 Å². The first-order valence-corrected chi connectivity index (χ1v) is 5.60. The number of nitrogens with zero attached hydrogens (tertiary/aromatic N) is 2. The van der Waals surface area contributed by atoms with Gasteiger partial charge in [-0.15, -0.1) is 0 Å². The second-order valence-corrected chi connectivity index (χ2v) is 3.79. The van der Waals surface area contributed by atoms with Gasteiger partial charge in [-0.1, -0.05) is 15.9 Å². The zero-order valence-electron chi connectivity index (χ0n) is 8.70. The molecule has 0 saturated heterocycles. The average Bonchev–Trinajstić information content (AvgIpc) is 2.26. The van der Waals surface area contributed by atoms with Gasteiger partial charge in [0.05, 0.1) is 7.11 Å². The van der Waals surface area contributed by atoms with E-state index in [2.05, 4.69) is 32.7 Å². The van der Waals surface area contributed by atoms with Crippen LogP contribution in [0.1, 0.15) is 6.92 Å². The summed E-state index contributed by atoms with van der Waals surface area (Å²) in [6.45, 7) is 2.13. The Labute approximate surface area is 93.2 Å². The number of rotatable bonds is 4. The van der Waals surface area contributed by atoms with Crippen LogP contribution in [-0.4, -0.2) is 30.5 Å². The van der Waals surface area contributed by atoms with Crippen molar-refractivity contribution in [3.8, 4) is 5.75 Å². The summed E-state index contributed by atoms with van der Waals surface area (Å²) in [6.07, 6.45) is 1.77. The third kappa shape index (κ3) is 2.38. The predicted molar refractivity (Wildman–Crippen MR) is 62.4 cm³/mol. The maximum absolute atomic E-state index is 5.24. The van der Waals surface area contributed by atoms with Gasteiger partial charge < -0.3 is 9.64 Å². The van der Waals surface area contributed by atoms with E-state index in [1.54, 1.807) is 13.3 Å². The number of halogens is 1. The highest BCUT2D eigenvalue weighted by molar-refractivity contribution is 9.09. The lowest BCUT2D eigenvalue weighted by Gasteiger charge is -2.25. The molecule has 0 aliphatic rings. The van der Waals surface area contributed by atoms with Crippen LogP contribution in [0.5, 0.6) is 5.75 Å². The van der Waals surface area contributed by atoms with Crippen molar-refractivity contribution in [3.05, 3.63) is 18.3 Å². The summed E-state index contributed by atoms with van der Waals surface area (Å²) < 4.78 is 5.24. The fourth-order valence-corrected chi connectivity index (χ4v) is 1.55. The topological polar surface area (TPSA) is 25.4 Å². The molecule has 4 heteroatoms. The lowest BCUT2D eigenvalue weighted by molar-refractivity contribution is 0.412. The van der Waals surface area contributed by atoms with E-state index in [4.69, 9.17) is 4.74 Å². The van der Waals surface area contributed by atoms with E-state index in [1.807, 2.05) is 19.2 Å². The van der Waals surface area contributed by atoms with E-state index < -0.39 is 0 Å². The first-order valence-electron chi connectivity index (χ1n) is 4.48. The summed E-state index contributed by atoms with van der Waals surface area (Å²) in [5.74, 6) is 1.68. The first kappa shape index (κ1) is 11.3. The molecule has 0 aromatic carbocycles. The van der Waals surface area contributed by atoms with Gasteiger partial charge in [0.25, 0.3) is 0 Å². The van der Waals surface area contributed by atoms with Crippen LogP contribution in [0.25, 0.3) is 0 Å². The van der Waals surface area contributed by atoms with Crippen molar-refractivity contribution in [2.24, 2.45) is 0 Å². The Kier molecular flexibility index (Phi) is 4.20. The summed E-state index contributed by atoms with van der Waals surface area (Å²) in [5, 5.41) is 0.906. The van der Waals surface area contributed by atoms with Crippen molar-refractivity contribution in [2.75, 3.05) is 24.4 Å². The molecule has 1 rings (SSSR count). The van der Waals surface area contributed by atoms with E-state index in [1.165, 1.54) is 0 Å². The highest BCUT2D eigenvalue weighted by Gasteiger charge is 2.13. The molecule has 1 heterocycles. The minimum absolute atomic E-state index is 0.388. The van der Waals surface area contributed by atoms with Gasteiger partial charge in [-0.25, -0.2) is 4.98 Å². The molecule has 0 N–H and O–H groups in total. The second kappa shape index (κ2) is 5.20. The van der Waals surface area contributed by atoms with E-state index in [0.29, 0.717) is 6.04 Å². The molecule has 0 amide bonds. The number of methoxy groups -OCH3 is 1. The molecule has 3 nitrogen and oxygen atoms in total. The van der Waals surface area contributed by atoms with Gasteiger partial charge in [-0.05, 0) is 19.1 Å².